The Hall–Kier alpha value is -0.380. The first-order valence-corrected chi connectivity index (χ1v) is 7.07. The highest BCUT2D eigenvalue weighted by atomic mass is 79.9. The van der Waals surface area contributed by atoms with Crippen molar-refractivity contribution in [2.45, 2.75) is 32.6 Å². The molecule has 96 valence electrons. The van der Waals surface area contributed by atoms with Gasteiger partial charge in [0.25, 0.3) is 0 Å². The molecule has 1 atom stereocenters. The second-order valence-corrected chi connectivity index (χ2v) is 5.54. The summed E-state index contributed by atoms with van der Waals surface area (Å²) in [4.78, 5) is 0. The lowest BCUT2D eigenvalue weighted by atomic mass is 9.86. The first-order chi connectivity index (χ1) is 8.12. The zero-order valence-corrected chi connectivity index (χ0v) is 12.3. The highest BCUT2D eigenvalue weighted by Crippen LogP contribution is 2.29. The molecule has 0 aliphatic carbocycles. The maximum absolute atomic E-state index is 5.73. The van der Waals surface area contributed by atoms with Crippen LogP contribution >= 0.6 is 15.9 Å². The van der Waals surface area contributed by atoms with Crippen LogP contribution in [0.5, 0.6) is 0 Å². The fourth-order valence-electron chi connectivity index (χ4n) is 2.15. The van der Waals surface area contributed by atoms with Crippen molar-refractivity contribution >= 4 is 15.9 Å². The van der Waals surface area contributed by atoms with Crippen molar-refractivity contribution in [1.82, 2.24) is 0 Å². The van der Waals surface area contributed by atoms with E-state index in [2.05, 4.69) is 48.0 Å². The first kappa shape index (κ1) is 14.7. The van der Waals surface area contributed by atoms with Crippen LogP contribution in [0.3, 0.4) is 0 Å². The number of nitrogens with two attached hydrogens (primary N) is 2. The zero-order chi connectivity index (χ0) is 12.8. The Morgan fingerprint density at radius 1 is 1.24 bits per heavy atom. The Kier molecular flexibility index (Phi) is 6.17. The predicted molar refractivity (Wildman–Crippen MR) is 78.1 cm³/mol. The molecule has 17 heavy (non-hydrogen) atoms. The van der Waals surface area contributed by atoms with Crippen molar-refractivity contribution < 1.29 is 0 Å². The van der Waals surface area contributed by atoms with Crippen LogP contribution in [0.4, 0.5) is 0 Å². The first-order valence-electron chi connectivity index (χ1n) is 6.28. The number of halogens is 1. The number of aryl methyl sites for hydroxylation is 1. The highest BCUT2D eigenvalue weighted by molar-refractivity contribution is 9.10. The van der Waals surface area contributed by atoms with Crippen LogP contribution in [-0.2, 0) is 0 Å². The van der Waals surface area contributed by atoms with Crippen LogP contribution in [0.25, 0.3) is 0 Å². The molecule has 3 heteroatoms. The van der Waals surface area contributed by atoms with Crippen molar-refractivity contribution in [3.8, 4) is 0 Å². The van der Waals surface area contributed by atoms with Crippen molar-refractivity contribution in [1.29, 1.82) is 0 Å². The van der Waals surface area contributed by atoms with E-state index in [-0.39, 0.29) is 0 Å². The molecule has 0 aliphatic rings. The fourth-order valence-corrected chi connectivity index (χ4v) is 2.40. The number of benzene rings is 1. The molecule has 1 rings (SSSR count). The highest BCUT2D eigenvalue weighted by Gasteiger charge is 2.15. The summed E-state index contributed by atoms with van der Waals surface area (Å²) in [6, 6.07) is 6.60. The van der Waals surface area contributed by atoms with Crippen LogP contribution in [0, 0.1) is 12.8 Å². The zero-order valence-electron chi connectivity index (χ0n) is 10.7. The van der Waals surface area contributed by atoms with Crippen molar-refractivity contribution in [3.05, 3.63) is 33.8 Å². The maximum atomic E-state index is 5.73. The number of hydrogen-bond donors (Lipinski definition) is 2. The molecule has 0 saturated carbocycles. The van der Waals surface area contributed by atoms with E-state index in [1.54, 1.807) is 0 Å². The molecule has 0 radical (unpaired) electrons. The van der Waals surface area contributed by atoms with E-state index in [0.717, 1.165) is 12.8 Å². The SMILES string of the molecule is CCC(CC(CN)CN)c1ccc(Br)c(C)c1. The third-order valence-corrected chi connectivity index (χ3v) is 4.32. The van der Waals surface area contributed by atoms with Crippen LogP contribution in [0.15, 0.2) is 22.7 Å². The van der Waals surface area contributed by atoms with Crippen LogP contribution in [0.2, 0.25) is 0 Å². The average molecular weight is 299 g/mol. The van der Waals surface area contributed by atoms with E-state index in [1.165, 1.54) is 15.6 Å². The van der Waals surface area contributed by atoms with Gasteiger partial charge in [0.05, 0.1) is 0 Å². The smallest absolute Gasteiger partial charge is 0.0204 e. The fraction of sp³-hybridized carbons (Fsp3) is 0.571. The van der Waals surface area contributed by atoms with Gasteiger partial charge in [-0.25, -0.2) is 0 Å². The summed E-state index contributed by atoms with van der Waals surface area (Å²) in [5, 5.41) is 0. The van der Waals surface area contributed by atoms with E-state index in [0.29, 0.717) is 24.9 Å². The standard InChI is InChI=1S/C14H23BrN2/c1-3-12(7-11(8-16)9-17)13-4-5-14(15)10(2)6-13/h4-6,11-12H,3,7-9,16-17H2,1-2H3. The molecule has 0 amide bonds. The van der Waals surface area contributed by atoms with E-state index in [9.17, 15) is 0 Å². The molecular formula is C14H23BrN2. The minimum absolute atomic E-state index is 0.434. The second kappa shape index (κ2) is 7.14. The molecule has 2 nitrogen and oxygen atoms in total. The lowest BCUT2D eigenvalue weighted by molar-refractivity contribution is 0.442. The molecule has 1 unspecified atom stereocenters. The van der Waals surface area contributed by atoms with Crippen molar-refractivity contribution in [2.24, 2.45) is 17.4 Å². The van der Waals surface area contributed by atoms with Gasteiger partial charge in [-0.1, -0.05) is 35.0 Å². The van der Waals surface area contributed by atoms with Crippen LogP contribution < -0.4 is 11.5 Å². The summed E-state index contributed by atoms with van der Waals surface area (Å²) in [6.45, 7) is 5.72. The van der Waals surface area contributed by atoms with Crippen molar-refractivity contribution in [2.75, 3.05) is 13.1 Å². The summed E-state index contributed by atoms with van der Waals surface area (Å²) in [5.41, 5.74) is 14.2. The van der Waals surface area contributed by atoms with E-state index >= 15 is 0 Å². The molecular weight excluding hydrogens is 276 g/mol. The van der Waals surface area contributed by atoms with Crippen LogP contribution in [-0.4, -0.2) is 13.1 Å². The summed E-state index contributed by atoms with van der Waals surface area (Å²) in [7, 11) is 0. The molecule has 1 aromatic carbocycles. The van der Waals surface area contributed by atoms with E-state index in [4.69, 9.17) is 11.5 Å². The Morgan fingerprint density at radius 3 is 2.35 bits per heavy atom. The normalized spacial score (nSPS) is 13.1. The molecule has 4 N–H and O–H groups in total. The lowest BCUT2D eigenvalue weighted by Crippen LogP contribution is -2.25. The number of rotatable bonds is 6. The van der Waals surface area contributed by atoms with Gasteiger partial charge in [0.2, 0.25) is 0 Å². The van der Waals surface area contributed by atoms with Gasteiger partial charge in [-0.15, -0.1) is 0 Å². The Morgan fingerprint density at radius 2 is 1.88 bits per heavy atom. The third-order valence-electron chi connectivity index (χ3n) is 3.43. The van der Waals surface area contributed by atoms with Gasteiger partial charge in [0, 0.05) is 4.47 Å². The third kappa shape index (κ3) is 4.09. The largest absolute Gasteiger partial charge is 0.330 e. The van der Waals surface area contributed by atoms with Gasteiger partial charge < -0.3 is 11.5 Å². The predicted octanol–water partition coefficient (Wildman–Crippen LogP) is 3.17. The molecule has 0 spiro atoms. The molecule has 0 saturated heterocycles. The molecule has 0 bridgehead atoms. The Balaban J connectivity index is 2.82. The van der Waals surface area contributed by atoms with Gasteiger partial charge in [0.1, 0.15) is 0 Å². The second-order valence-electron chi connectivity index (χ2n) is 4.69. The van der Waals surface area contributed by atoms with Crippen molar-refractivity contribution in [3.63, 3.8) is 0 Å². The Labute approximate surface area is 113 Å². The monoisotopic (exact) mass is 298 g/mol. The summed E-state index contributed by atoms with van der Waals surface area (Å²) >= 11 is 3.54. The van der Waals surface area contributed by atoms with Crippen LogP contribution in [0.1, 0.15) is 36.8 Å². The maximum Gasteiger partial charge on any atom is 0.0204 e. The molecule has 0 aliphatic heterocycles. The van der Waals surface area contributed by atoms with Gasteiger partial charge in [0.15, 0.2) is 0 Å². The van der Waals surface area contributed by atoms with Gasteiger partial charge in [-0.2, -0.15) is 0 Å². The minimum Gasteiger partial charge on any atom is -0.330 e. The molecule has 0 fully saturated rings. The molecule has 0 heterocycles. The molecule has 0 aromatic heterocycles. The summed E-state index contributed by atoms with van der Waals surface area (Å²) < 4.78 is 1.17. The summed E-state index contributed by atoms with van der Waals surface area (Å²) in [5.74, 6) is 1.00. The topological polar surface area (TPSA) is 52.0 Å². The Bertz CT molecular complexity index is 348. The summed E-state index contributed by atoms with van der Waals surface area (Å²) in [6.07, 6.45) is 2.22. The average Bonchev–Trinajstić information content (AvgIpc) is 2.35. The van der Waals surface area contributed by atoms with E-state index in [1.807, 2.05) is 0 Å². The van der Waals surface area contributed by atoms with E-state index < -0.39 is 0 Å². The van der Waals surface area contributed by atoms with Gasteiger partial charge >= 0.3 is 0 Å². The van der Waals surface area contributed by atoms with Gasteiger partial charge in [-0.3, -0.25) is 0 Å². The lowest BCUT2D eigenvalue weighted by Gasteiger charge is -2.21. The minimum atomic E-state index is 0.434. The van der Waals surface area contributed by atoms with Gasteiger partial charge in [-0.05, 0) is 61.9 Å². The molecule has 1 aromatic rings. The number of hydrogen-bond acceptors (Lipinski definition) is 2. The quantitative estimate of drug-likeness (QED) is 0.847.